The van der Waals surface area contributed by atoms with Gasteiger partial charge in [0, 0.05) is 25.2 Å². The predicted octanol–water partition coefficient (Wildman–Crippen LogP) is 7.62. The molecule has 3 fully saturated rings. The Morgan fingerprint density at radius 3 is 2.10 bits per heavy atom. The third-order valence-electron chi connectivity index (χ3n) is 13.3. The van der Waals surface area contributed by atoms with E-state index in [-0.39, 0.29) is 51.0 Å². The molecule has 0 aromatic heterocycles. The molecule has 0 amide bonds. The van der Waals surface area contributed by atoms with E-state index in [0.717, 1.165) is 50.7 Å². The van der Waals surface area contributed by atoms with Crippen LogP contribution in [0.5, 0.6) is 0 Å². The molecule has 0 aromatic carbocycles. The van der Waals surface area contributed by atoms with Crippen LogP contribution < -0.4 is 0 Å². The average Bonchev–Trinajstić information content (AvgIpc) is 2.82. The van der Waals surface area contributed by atoms with Gasteiger partial charge in [-0.2, -0.15) is 0 Å². The fourth-order valence-corrected chi connectivity index (χ4v) is 10.7. The van der Waals surface area contributed by atoms with Crippen molar-refractivity contribution in [2.24, 2.45) is 44.3 Å². The van der Waals surface area contributed by atoms with Gasteiger partial charge in [0.25, 0.3) is 0 Å². The lowest BCUT2D eigenvalue weighted by Crippen LogP contribution is -2.64. The zero-order chi connectivity index (χ0) is 29.7. The number of hydrogen-bond donors (Lipinski definition) is 1. The fraction of sp³-hybridized carbons (Fsp3) is 0.794. The molecule has 6 nitrogen and oxygen atoms in total. The Kier molecular flexibility index (Phi) is 6.57. The zero-order valence-corrected chi connectivity index (χ0v) is 26.2. The number of aliphatic carboxylic acids is 1. The largest absolute Gasteiger partial charge is 0.481 e. The van der Waals surface area contributed by atoms with Crippen LogP contribution in [0.3, 0.4) is 0 Å². The first-order valence-corrected chi connectivity index (χ1v) is 15.4. The van der Waals surface area contributed by atoms with Crippen LogP contribution in [0.15, 0.2) is 23.0 Å². The molecule has 8 atom stereocenters. The minimum Gasteiger partial charge on any atom is -0.481 e. The predicted molar refractivity (Wildman–Crippen MR) is 153 cm³/mol. The maximum atomic E-state index is 12.6. The molecular weight excluding hydrogens is 504 g/mol. The second kappa shape index (κ2) is 8.94. The summed E-state index contributed by atoms with van der Waals surface area (Å²) in [6, 6.07) is 0. The number of ether oxygens (including phenoxy) is 2. The van der Waals surface area contributed by atoms with Gasteiger partial charge in [0.2, 0.25) is 0 Å². The number of rotatable bonds is 3. The van der Waals surface area contributed by atoms with E-state index in [1.165, 1.54) is 25.0 Å². The lowest BCUT2D eigenvalue weighted by atomic mass is 9.35. The monoisotopic (exact) mass is 554 g/mol. The summed E-state index contributed by atoms with van der Waals surface area (Å²) in [6.45, 7) is 18.9. The Hall–Kier alpha value is -2.11. The first-order valence-electron chi connectivity index (χ1n) is 15.4. The Morgan fingerprint density at radius 2 is 1.50 bits per heavy atom. The molecule has 3 saturated carbocycles. The highest BCUT2D eigenvalue weighted by Gasteiger charge is 2.69. The van der Waals surface area contributed by atoms with Crippen molar-refractivity contribution in [2.45, 2.75) is 126 Å². The molecule has 1 N–H and O–H groups in total. The third-order valence-corrected chi connectivity index (χ3v) is 13.3. The van der Waals surface area contributed by atoms with Gasteiger partial charge in [-0.05, 0) is 104 Å². The van der Waals surface area contributed by atoms with Crippen LogP contribution in [-0.2, 0) is 23.9 Å². The highest BCUT2D eigenvalue weighted by molar-refractivity contribution is 5.75. The van der Waals surface area contributed by atoms with Crippen molar-refractivity contribution < 1.29 is 29.0 Å². The molecule has 0 heterocycles. The normalized spacial score (nSPS) is 45.6. The van der Waals surface area contributed by atoms with Crippen molar-refractivity contribution in [2.75, 3.05) is 0 Å². The van der Waals surface area contributed by atoms with Crippen molar-refractivity contribution in [1.82, 2.24) is 0 Å². The van der Waals surface area contributed by atoms with Crippen molar-refractivity contribution in [3.05, 3.63) is 23.0 Å². The average molecular weight is 555 g/mol. The Balaban J connectivity index is 1.71. The Bertz CT molecular complexity index is 1210. The second-order valence-electron chi connectivity index (χ2n) is 15.9. The molecule has 40 heavy (non-hydrogen) atoms. The summed E-state index contributed by atoms with van der Waals surface area (Å²) in [6.07, 6.45) is 9.94. The van der Waals surface area contributed by atoms with Crippen LogP contribution in [0.25, 0.3) is 0 Å². The summed E-state index contributed by atoms with van der Waals surface area (Å²) in [5.41, 5.74) is 1.02. The van der Waals surface area contributed by atoms with E-state index in [4.69, 9.17) is 9.47 Å². The van der Waals surface area contributed by atoms with Crippen LogP contribution >= 0.6 is 0 Å². The van der Waals surface area contributed by atoms with Gasteiger partial charge in [0.05, 0.1) is 5.41 Å². The van der Waals surface area contributed by atoms with Gasteiger partial charge in [-0.3, -0.25) is 14.4 Å². The second-order valence-corrected chi connectivity index (χ2v) is 15.9. The number of carbonyl (C=O) groups is 3. The molecule has 222 valence electrons. The number of fused-ring (bicyclic) bond motifs is 6. The summed E-state index contributed by atoms with van der Waals surface area (Å²) in [4.78, 5) is 37.0. The Morgan fingerprint density at radius 1 is 0.850 bits per heavy atom. The van der Waals surface area contributed by atoms with E-state index in [1.54, 1.807) is 0 Å². The molecule has 5 aliphatic carbocycles. The van der Waals surface area contributed by atoms with Gasteiger partial charge in [-0.1, -0.05) is 47.1 Å². The topological polar surface area (TPSA) is 89.9 Å². The van der Waals surface area contributed by atoms with Crippen LogP contribution in [-0.4, -0.2) is 29.1 Å². The van der Waals surface area contributed by atoms with Crippen molar-refractivity contribution in [3.63, 3.8) is 0 Å². The van der Waals surface area contributed by atoms with Gasteiger partial charge in [-0.25, -0.2) is 0 Å². The zero-order valence-electron chi connectivity index (χ0n) is 26.2. The van der Waals surface area contributed by atoms with Crippen LogP contribution in [0.4, 0.5) is 0 Å². The number of carboxylic acids is 1. The molecule has 0 spiro atoms. The highest BCUT2D eigenvalue weighted by Crippen LogP contribution is 2.75. The minimum atomic E-state index is -0.782. The minimum absolute atomic E-state index is 0.0317. The summed E-state index contributed by atoms with van der Waals surface area (Å²) in [5, 5.41) is 10.2. The number of hydrogen-bond acceptors (Lipinski definition) is 5. The van der Waals surface area contributed by atoms with E-state index >= 15 is 0 Å². The maximum absolute atomic E-state index is 12.6. The molecule has 0 aliphatic heterocycles. The van der Waals surface area contributed by atoms with Gasteiger partial charge in [-0.15, -0.1) is 0 Å². The fourth-order valence-electron chi connectivity index (χ4n) is 10.7. The summed E-state index contributed by atoms with van der Waals surface area (Å²) >= 11 is 0. The van der Waals surface area contributed by atoms with Gasteiger partial charge in [0.15, 0.2) is 0 Å². The van der Waals surface area contributed by atoms with Crippen LogP contribution in [0.2, 0.25) is 0 Å². The van der Waals surface area contributed by atoms with Gasteiger partial charge >= 0.3 is 17.9 Å². The van der Waals surface area contributed by atoms with Crippen LogP contribution in [0, 0.1) is 44.3 Å². The van der Waals surface area contributed by atoms with E-state index in [2.05, 4.69) is 47.6 Å². The molecule has 5 rings (SSSR count). The molecule has 0 bridgehead atoms. The van der Waals surface area contributed by atoms with Crippen molar-refractivity contribution in [1.29, 1.82) is 0 Å². The molecule has 6 heteroatoms. The summed E-state index contributed by atoms with van der Waals surface area (Å²) in [5.74, 6) is -0.163. The van der Waals surface area contributed by atoms with Gasteiger partial charge < -0.3 is 14.6 Å². The van der Waals surface area contributed by atoms with E-state index in [1.807, 2.05) is 6.92 Å². The number of carbonyl (C=O) groups excluding carboxylic acids is 2. The first-order chi connectivity index (χ1) is 18.3. The lowest BCUT2D eigenvalue weighted by molar-refractivity contribution is -0.207. The number of allylic oxidation sites excluding steroid dienone is 4. The highest BCUT2D eigenvalue weighted by atomic mass is 16.5. The van der Waals surface area contributed by atoms with E-state index in [9.17, 15) is 19.5 Å². The molecule has 0 aromatic rings. The SMILES string of the molecule is CC(=O)OC1=CC2=C3C[C@@](C)(C(=O)O)CC[C@]3(C)CC[C@@]2(C)[C@]2(C)CC[C@H]3C(C)(C)[C@@H](OC(C)=O)CC[C@]3(C)[C@@H]12. The smallest absolute Gasteiger partial charge is 0.309 e. The van der Waals surface area contributed by atoms with E-state index in [0.29, 0.717) is 18.8 Å². The van der Waals surface area contributed by atoms with E-state index < -0.39 is 11.4 Å². The summed E-state index contributed by atoms with van der Waals surface area (Å²) < 4.78 is 12.1. The molecule has 0 radical (unpaired) electrons. The quantitative estimate of drug-likeness (QED) is 0.361. The molecular formula is C34H50O6. The van der Waals surface area contributed by atoms with Gasteiger partial charge in [0.1, 0.15) is 11.9 Å². The molecule has 0 unspecified atom stereocenters. The standard InChI is InChI=1S/C34H50O6/c1-20(35)39-24-18-22-23-19-31(6,28(37)38)15-14-30(23,5)16-17-33(22,8)34(9)13-10-25-29(3,4)26(40-21(2)36)11-12-32(25,7)27(24)34/h18,25-27H,10-17,19H2,1-9H3,(H,37,38)/t25-,26-,27+,30+,31-,32-,33+,34+/m0/s1. The maximum Gasteiger partial charge on any atom is 0.309 e. The number of esters is 2. The number of carboxylic acid groups (broad SMARTS) is 1. The first kappa shape index (κ1) is 29.4. The Labute approximate surface area is 240 Å². The van der Waals surface area contributed by atoms with Crippen LogP contribution in [0.1, 0.15) is 120 Å². The lowest BCUT2D eigenvalue weighted by Gasteiger charge is -2.69. The molecule has 5 aliphatic rings. The molecule has 0 saturated heterocycles. The third kappa shape index (κ3) is 3.90. The summed E-state index contributed by atoms with van der Waals surface area (Å²) in [7, 11) is 0. The van der Waals surface area contributed by atoms with Crippen molar-refractivity contribution >= 4 is 17.9 Å². The van der Waals surface area contributed by atoms with Crippen molar-refractivity contribution in [3.8, 4) is 0 Å².